The molecule has 1 atom stereocenters. The van der Waals surface area contributed by atoms with Crippen LogP contribution >= 0.6 is 0 Å². The van der Waals surface area contributed by atoms with E-state index in [1.54, 1.807) is 12.1 Å². The molecule has 3 nitrogen and oxygen atoms in total. The van der Waals surface area contributed by atoms with Crippen molar-refractivity contribution in [2.45, 2.75) is 6.10 Å². The van der Waals surface area contributed by atoms with Gasteiger partial charge in [0.2, 0.25) is 0 Å². The van der Waals surface area contributed by atoms with Crippen LogP contribution in [0.3, 0.4) is 0 Å². The maximum Gasteiger partial charge on any atom is 0.123 e. The van der Waals surface area contributed by atoms with Crippen LogP contribution in [0.4, 0.5) is 4.39 Å². The van der Waals surface area contributed by atoms with Crippen molar-refractivity contribution in [3.05, 3.63) is 59.9 Å². The van der Waals surface area contributed by atoms with Gasteiger partial charge in [0, 0.05) is 12.4 Å². The zero-order valence-electron chi connectivity index (χ0n) is 7.84. The molecule has 1 unspecified atom stereocenters. The summed E-state index contributed by atoms with van der Waals surface area (Å²) in [6.45, 7) is 0. The molecule has 1 heterocycles. The number of nitrogens with zero attached hydrogens (tertiary/aromatic N) is 2. The number of aromatic nitrogens is 2. The van der Waals surface area contributed by atoms with E-state index in [0.717, 1.165) is 0 Å². The molecule has 0 saturated carbocycles. The monoisotopic (exact) mass is 204 g/mol. The van der Waals surface area contributed by atoms with Gasteiger partial charge in [-0.05, 0) is 17.7 Å². The molecule has 4 heteroatoms. The lowest BCUT2D eigenvalue weighted by atomic mass is 10.1. The molecule has 1 N–H and O–H groups in total. The summed E-state index contributed by atoms with van der Waals surface area (Å²) >= 11 is 0. The standard InChI is InChI=1S/C11H9FN2O/c12-9-3-1-2-8(6-9)11(15)10-7-13-4-5-14-10/h1-7,11,15H. The smallest absolute Gasteiger partial charge is 0.123 e. The van der Waals surface area contributed by atoms with E-state index in [9.17, 15) is 9.50 Å². The molecule has 15 heavy (non-hydrogen) atoms. The molecule has 0 aliphatic rings. The second-order valence-electron chi connectivity index (χ2n) is 3.09. The third-order valence-corrected chi connectivity index (χ3v) is 2.03. The van der Waals surface area contributed by atoms with E-state index in [1.807, 2.05) is 0 Å². The molecule has 0 radical (unpaired) electrons. The van der Waals surface area contributed by atoms with Crippen molar-refractivity contribution in [3.63, 3.8) is 0 Å². The van der Waals surface area contributed by atoms with Gasteiger partial charge in [0.25, 0.3) is 0 Å². The predicted octanol–water partition coefficient (Wildman–Crippen LogP) is 1.70. The molecule has 0 aliphatic heterocycles. The Hall–Kier alpha value is -1.81. The van der Waals surface area contributed by atoms with Crippen molar-refractivity contribution in [2.24, 2.45) is 0 Å². The molecule has 2 rings (SSSR count). The summed E-state index contributed by atoms with van der Waals surface area (Å²) in [6, 6.07) is 5.79. The Morgan fingerprint density at radius 3 is 2.80 bits per heavy atom. The Balaban J connectivity index is 2.32. The lowest BCUT2D eigenvalue weighted by Crippen LogP contribution is -2.02. The fourth-order valence-electron chi connectivity index (χ4n) is 1.30. The van der Waals surface area contributed by atoms with Crippen LogP contribution in [-0.2, 0) is 0 Å². The third kappa shape index (κ3) is 2.16. The van der Waals surface area contributed by atoms with Crippen LogP contribution in [0.1, 0.15) is 17.4 Å². The van der Waals surface area contributed by atoms with E-state index < -0.39 is 6.10 Å². The van der Waals surface area contributed by atoms with E-state index >= 15 is 0 Å². The first-order valence-corrected chi connectivity index (χ1v) is 4.47. The van der Waals surface area contributed by atoms with Crippen molar-refractivity contribution in [3.8, 4) is 0 Å². The van der Waals surface area contributed by atoms with Crippen LogP contribution in [0.25, 0.3) is 0 Å². The van der Waals surface area contributed by atoms with Gasteiger partial charge in [0.1, 0.15) is 11.9 Å². The second-order valence-corrected chi connectivity index (χ2v) is 3.09. The minimum atomic E-state index is -0.936. The van der Waals surface area contributed by atoms with Crippen molar-refractivity contribution >= 4 is 0 Å². The Morgan fingerprint density at radius 1 is 1.27 bits per heavy atom. The van der Waals surface area contributed by atoms with Crippen molar-refractivity contribution in [2.75, 3.05) is 0 Å². The Morgan fingerprint density at radius 2 is 2.13 bits per heavy atom. The van der Waals surface area contributed by atoms with Crippen LogP contribution in [0.15, 0.2) is 42.9 Å². The van der Waals surface area contributed by atoms with Crippen LogP contribution in [0, 0.1) is 5.82 Å². The zero-order valence-corrected chi connectivity index (χ0v) is 7.84. The molecule has 76 valence electrons. The van der Waals surface area contributed by atoms with Gasteiger partial charge in [-0.15, -0.1) is 0 Å². The molecule has 2 aromatic rings. The summed E-state index contributed by atoms with van der Waals surface area (Å²) < 4.78 is 12.9. The molecule has 0 fully saturated rings. The van der Waals surface area contributed by atoms with E-state index in [1.165, 1.54) is 30.7 Å². The SMILES string of the molecule is OC(c1cccc(F)c1)c1cnccn1. The number of halogens is 1. The lowest BCUT2D eigenvalue weighted by molar-refractivity contribution is 0.214. The molecule has 0 spiro atoms. The average Bonchev–Trinajstić information content (AvgIpc) is 2.29. The topological polar surface area (TPSA) is 46.0 Å². The van der Waals surface area contributed by atoms with Gasteiger partial charge in [-0.2, -0.15) is 0 Å². The third-order valence-electron chi connectivity index (χ3n) is 2.03. The maximum atomic E-state index is 12.9. The summed E-state index contributed by atoms with van der Waals surface area (Å²) in [5, 5.41) is 9.85. The maximum absolute atomic E-state index is 12.9. The molecule has 0 amide bonds. The summed E-state index contributed by atoms with van der Waals surface area (Å²) in [7, 11) is 0. The number of rotatable bonds is 2. The van der Waals surface area contributed by atoms with Gasteiger partial charge in [-0.1, -0.05) is 12.1 Å². The lowest BCUT2D eigenvalue weighted by Gasteiger charge is -2.09. The zero-order chi connectivity index (χ0) is 10.7. The van der Waals surface area contributed by atoms with Crippen molar-refractivity contribution in [1.82, 2.24) is 9.97 Å². The van der Waals surface area contributed by atoms with Gasteiger partial charge in [0.05, 0.1) is 11.9 Å². The molecular formula is C11H9FN2O. The van der Waals surface area contributed by atoms with Gasteiger partial charge < -0.3 is 5.11 Å². The number of hydrogen-bond donors (Lipinski definition) is 1. The highest BCUT2D eigenvalue weighted by Crippen LogP contribution is 2.19. The van der Waals surface area contributed by atoms with Gasteiger partial charge in [0.15, 0.2) is 0 Å². The number of aliphatic hydroxyl groups excluding tert-OH is 1. The van der Waals surface area contributed by atoms with E-state index in [0.29, 0.717) is 11.3 Å². The molecule has 1 aromatic heterocycles. The average molecular weight is 204 g/mol. The normalized spacial score (nSPS) is 12.4. The minimum Gasteiger partial charge on any atom is -0.382 e. The van der Waals surface area contributed by atoms with Gasteiger partial charge in [-0.25, -0.2) is 4.39 Å². The van der Waals surface area contributed by atoms with Crippen molar-refractivity contribution < 1.29 is 9.50 Å². The Bertz CT molecular complexity index is 447. The van der Waals surface area contributed by atoms with E-state index in [-0.39, 0.29) is 5.82 Å². The summed E-state index contributed by atoms with van der Waals surface area (Å²) in [5.41, 5.74) is 0.874. The van der Waals surface area contributed by atoms with Crippen LogP contribution in [0.2, 0.25) is 0 Å². The predicted molar refractivity (Wildman–Crippen MR) is 52.5 cm³/mol. The summed E-state index contributed by atoms with van der Waals surface area (Å²) in [6.07, 6.45) is 3.52. The largest absolute Gasteiger partial charge is 0.382 e. The molecule has 0 bridgehead atoms. The van der Waals surface area contributed by atoms with Crippen LogP contribution < -0.4 is 0 Å². The Labute approximate surface area is 86.3 Å². The highest BCUT2D eigenvalue weighted by atomic mass is 19.1. The van der Waals surface area contributed by atoms with Gasteiger partial charge in [-0.3, -0.25) is 9.97 Å². The summed E-state index contributed by atoms with van der Waals surface area (Å²) in [5.74, 6) is -0.379. The fraction of sp³-hybridized carbons (Fsp3) is 0.0909. The number of benzene rings is 1. The summed E-state index contributed by atoms with van der Waals surface area (Å²) in [4.78, 5) is 7.79. The first kappa shape index (κ1) is 9.73. The van der Waals surface area contributed by atoms with Gasteiger partial charge >= 0.3 is 0 Å². The highest BCUT2D eigenvalue weighted by molar-refractivity contribution is 5.24. The second kappa shape index (κ2) is 4.14. The first-order valence-electron chi connectivity index (χ1n) is 4.47. The Kier molecular flexibility index (Phi) is 2.69. The fourth-order valence-corrected chi connectivity index (χ4v) is 1.30. The molecule has 1 aromatic carbocycles. The molecular weight excluding hydrogens is 195 g/mol. The van der Waals surface area contributed by atoms with Crippen LogP contribution in [-0.4, -0.2) is 15.1 Å². The minimum absolute atomic E-state index is 0.379. The number of aliphatic hydroxyl groups is 1. The number of hydrogen-bond acceptors (Lipinski definition) is 3. The first-order chi connectivity index (χ1) is 7.27. The van der Waals surface area contributed by atoms with E-state index in [4.69, 9.17) is 0 Å². The molecule has 0 saturated heterocycles. The quantitative estimate of drug-likeness (QED) is 0.809. The molecule has 0 aliphatic carbocycles. The van der Waals surface area contributed by atoms with Crippen molar-refractivity contribution in [1.29, 1.82) is 0 Å². The van der Waals surface area contributed by atoms with E-state index in [2.05, 4.69) is 9.97 Å². The highest BCUT2D eigenvalue weighted by Gasteiger charge is 2.11. The van der Waals surface area contributed by atoms with Crippen LogP contribution in [0.5, 0.6) is 0 Å².